The quantitative estimate of drug-likeness (QED) is 0.726. The minimum Gasteiger partial charge on any atom is -0.392 e. The minimum absolute atomic E-state index is 0.0447. The van der Waals surface area contributed by atoms with E-state index in [-0.39, 0.29) is 6.61 Å². The van der Waals surface area contributed by atoms with Gasteiger partial charge in [0.25, 0.3) is 0 Å². The standard InChI is InChI=1S/C10H10N2O/c13-6-8-3-1-2-4-9(8)10-5-11-7-12-10/h1-5,7,13H,6H2,(H,11,12). The zero-order chi connectivity index (χ0) is 9.10. The summed E-state index contributed by atoms with van der Waals surface area (Å²) in [6, 6.07) is 7.68. The number of hydrogen-bond donors (Lipinski definition) is 2. The highest BCUT2D eigenvalue weighted by atomic mass is 16.3. The molecule has 66 valence electrons. The van der Waals surface area contributed by atoms with E-state index < -0.39 is 0 Å². The van der Waals surface area contributed by atoms with E-state index in [0.717, 1.165) is 16.8 Å². The van der Waals surface area contributed by atoms with E-state index in [1.807, 2.05) is 30.5 Å². The van der Waals surface area contributed by atoms with Crippen LogP contribution in [0.4, 0.5) is 0 Å². The van der Waals surface area contributed by atoms with Crippen LogP contribution < -0.4 is 0 Å². The van der Waals surface area contributed by atoms with Crippen molar-refractivity contribution in [1.82, 2.24) is 9.97 Å². The smallest absolute Gasteiger partial charge is 0.0927 e. The highest BCUT2D eigenvalue weighted by molar-refractivity contribution is 5.62. The molecule has 1 aromatic heterocycles. The number of rotatable bonds is 2. The minimum atomic E-state index is 0.0447. The maximum atomic E-state index is 9.08. The van der Waals surface area contributed by atoms with Gasteiger partial charge in [-0.2, -0.15) is 0 Å². The third-order valence-corrected chi connectivity index (χ3v) is 1.96. The van der Waals surface area contributed by atoms with Crippen molar-refractivity contribution in [2.24, 2.45) is 0 Å². The molecule has 0 aliphatic carbocycles. The molecule has 0 aliphatic rings. The Morgan fingerprint density at radius 2 is 2.15 bits per heavy atom. The number of hydrogen-bond acceptors (Lipinski definition) is 2. The molecular weight excluding hydrogens is 164 g/mol. The molecule has 0 spiro atoms. The van der Waals surface area contributed by atoms with Crippen molar-refractivity contribution >= 4 is 0 Å². The molecule has 0 saturated carbocycles. The molecule has 0 unspecified atom stereocenters. The van der Waals surface area contributed by atoms with E-state index in [1.54, 1.807) is 6.33 Å². The Labute approximate surface area is 76.1 Å². The van der Waals surface area contributed by atoms with Crippen LogP contribution in [0, 0.1) is 0 Å². The summed E-state index contributed by atoms with van der Waals surface area (Å²) < 4.78 is 0. The number of nitrogens with one attached hydrogen (secondary N) is 1. The Morgan fingerprint density at radius 3 is 2.85 bits per heavy atom. The lowest BCUT2D eigenvalue weighted by atomic mass is 10.1. The number of H-pyrrole nitrogens is 1. The summed E-state index contributed by atoms with van der Waals surface area (Å²) in [5.41, 5.74) is 2.74. The summed E-state index contributed by atoms with van der Waals surface area (Å²) in [6.07, 6.45) is 3.44. The van der Waals surface area contributed by atoms with Gasteiger partial charge in [-0.15, -0.1) is 0 Å². The lowest BCUT2D eigenvalue weighted by molar-refractivity contribution is 0.282. The number of aromatic amines is 1. The summed E-state index contributed by atoms with van der Waals surface area (Å²) in [7, 11) is 0. The third-order valence-electron chi connectivity index (χ3n) is 1.96. The number of aliphatic hydroxyl groups is 1. The predicted octanol–water partition coefficient (Wildman–Crippen LogP) is 1.57. The van der Waals surface area contributed by atoms with Crippen molar-refractivity contribution < 1.29 is 5.11 Å². The fourth-order valence-electron chi connectivity index (χ4n) is 1.32. The van der Waals surface area contributed by atoms with Crippen molar-refractivity contribution in [3.63, 3.8) is 0 Å². The van der Waals surface area contributed by atoms with E-state index >= 15 is 0 Å². The Kier molecular flexibility index (Phi) is 2.10. The Morgan fingerprint density at radius 1 is 1.31 bits per heavy atom. The van der Waals surface area contributed by atoms with Gasteiger partial charge in [0.15, 0.2) is 0 Å². The van der Waals surface area contributed by atoms with Gasteiger partial charge in [-0.3, -0.25) is 0 Å². The monoisotopic (exact) mass is 174 g/mol. The SMILES string of the molecule is OCc1ccccc1-c1c[nH]cn1. The van der Waals surface area contributed by atoms with Crippen LogP contribution in [0.25, 0.3) is 11.3 Å². The van der Waals surface area contributed by atoms with Crippen LogP contribution in [0.3, 0.4) is 0 Å². The first-order valence-electron chi connectivity index (χ1n) is 4.09. The molecule has 0 fully saturated rings. The summed E-state index contributed by atoms with van der Waals surface area (Å²) in [5, 5.41) is 9.08. The van der Waals surface area contributed by atoms with Crippen molar-refractivity contribution in [3.05, 3.63) is 42.4 Å². The topological polar surface area (TPSA) is 48.9 Å². The number of imidazole rings is 1. The van der Waals surface area contributed by atoms with Gasteiger partial charge in [0.2, 0.25) is 0 Å². The average molecular weight is 174 g/mol. The zero-order valence-corrected chi connectivity index (χ0v) is 7.07. The second kappa shape index (κ2) is 3.41. The molecule has 0 radical (unpaired) electrons. The van der Waals surface area contributed by atoms with E-state index in [4.69, 9.17) is 5.11 Å². The van der Waals surface area contributed by atoms with Gasteiger partial charge in [0.05, 0.1) is 18.6 Å². The second-order valence-electron chi connectivity index (χ2n) is 2.77. The fraction of sp³-hybridized carbons (Fsp3) is 0.100. The highest BCUT2D eigenvalue weighted by Gasteiger charge is 2.03. The van der Waals surface area contributed by atoms with Gasteiger partial charge in [-0.1, -0.05) is 24.3 Å². The summed E-state index contributed by atoms with van der Waals surface area (Å²) in [5.74, 6) is 0. The van der Waals surface area contributed by atoms with Gasteiger partial charge < -0.3 is 10.1 Å². The Bertz CT molecular complexity index is 382. The Hall–Kier alpha value is -1.61. The maximum absolute atomic E-state index is 9.08. The molecule has 2 rings (SSSR count). The Balaban J connectivity index is 2.51. The van der Waals surface area contributed by atoms with Gasteiger partial charge >= 0.3 is 0 Å². The van der Waals surface area contributed by atoms with Crippen LogP contribution in [0.2, 0.25) is 0 Å². The zero-order valence-electron chi connectivity index (χ0n) is 7.07. The molecule has 3 heteroatoms. The lowest BCUT2D eigenvalue weighted by Crippen LogP contribution is -1.88. The second-order valence-corrected chi connectivity index (χ2v) is 2.77. The fourth-order valence-corrected chi connectivity index (χ4v) is 1.32. The van der Waals surface area contributed by atoms with E-state index in [1.165, 1.54) is 0 Å². The van der Waals surface area contributed by atoms with Crippen LogP contribution in [0.1, 0.15) is 5.56 Å². The van der Waals surface area contributed by atoms with Gasteiger partial charge in [0, 0.05) is 11.8 Å². The molecule has 3 nitrogen and oxygen atoms in total. The van der Waals surface area contributed by atoms with Crippen molar-refractivity contribution in [1.29, 1.82) is 0 Å². The molecule has 0 aliphatic heterocycles. The van der Waals surface area contributed by atoms with Crippen molar-refractivity contribution in [3.8, 4) is 11.3 Å². The normalized spacial score (nSPS) is 10.2. The summed E-state index contributed by atoms with van der Waals surface area (Å²) in [6.45, 7) is 0.0447. The lowest BCUT2D eigenvalue weighted by Gasteiger charge is -2.02. The number of benzene rings is 1. The molecule has 0 atom stereocenters. The average Bonchev–Trinajstić information content (AvgIpc) is 2.70. The predicted molar refractivity (Wildman–Crippen MR) is 49.9 cm³/mol. The molecule has 2 aromatic rings. The molecule has 0 saturated heterocycles. The molecule has 13 heavy (non-hydrogen) atoms. The molecule has 0 bridgehead atoms. The summed E-state index contributed by atoms with van der Waals surface area (Å²) >= 11 is 0. The van der Waals surface area contributed by atoms with Crippen LogP contribution in [0.5, 0.6) is 0 Å². The first-order valence-corrected chi connectivity index (χ1v) is 4.09. The van der Waals surface area contributed by atoms with Crippen molar-refractivity contribution in [2.75, 3.05) is 0 Å². The van der Waals surface area contributed by atoms with E-state index in [9.17, 15) is 0 Å². The first-order chi connectivity index (χ1) is 6.42. The molecule has 0 amide bonds. The molecule has 1 aromatic carbocycles. The number of aliphatic hydroxyl groups excluding tert-OH is 1. The van der Waals surface area contributed by atoms with E-state index in [2.05, 4.69) is 9.97 Å². The number of aromatic nitrogens is 2. The van der Waals surface area contributed by atoms with Gasteiger partial charge in [0.1, 0.15) is 0 Å². The van der Waals surface area contributed by atoms with Crippen LogP contribution in [-0.2, 0) is 6.61 Å². The summed E-state index contributed by atoms with van der Waals surface area (Å²) in [4.78, 5) is 7.02. The van der Waals surface area contributed by atoms with Gasteiger partial charge in [-0.25, -0.2) is 4.98 Å². The largest absolute Gasteiger partial charge is 0.392 e. The van der Waals surface area contributed by atoms with Crippen LogP contribution in [0.15, 0.2) is 36.8 Å². The van der Waals surface area contributed by atoms with Crippen LogP contribution in [-0.4, -0.2) is 15.1 Å². The van der Waals surface area contributed by atoms with Crippen LogP contribution >= 0.6 is 0 Å². The first kappa shape index (κ1) is 8.01. The molecule has 2 N–H and O–H groups in total. The van der Waals surface area contributed by atoms with Crippen molar-refractivity contribution in [2.45, 2.75) is 6.61 Å². The van der Waals surface area contributed by atoms with Gasteiger partial charge in [-0.05, 0) is 5.56 Å². The molecular formula is C10H10N2O. The molecule has 1 heterocycles. The maximum Gasteiger partial charge on any atom is 0.0927 e. The van der Waals surface area contributed by atoms with E-state index in [0.29, 0.717) is 0 Å². The third kappa shape index (κ3) is 1.46. The number of nitrogens with zero attached hydrogens (tertiary/aromatic N) is 1. The highest BCUT2D eigenvalue weighted by Crippen LogP contribution is 2.20.